The summed E-state index contributed by atoms with van der Waals surface area (Å²) in [5.74, 6) is 0. The number of amides is 2. The van der Waals surface area contributed by atoms with Crippen molar-refractivity contribution in [2.75, 3.05) is 13.7 Å². The minimum absolute atomic E-state index is 0.0435. The van der Waals surface area contributed by atoms with E-state index in [-0.39, 0.29) is 6.03 Å². The van der Waals surface area contributed by atoms with E-state index in [4.69, 9.17) is 4.74 Å². The molecule has 1 saturated carbocycles. The first-order valence-electron chi connectivity index (χ1n) is 5.33. The monoisotopic (exact) mass is 200 g/mol. The van der Waals surface area contributed by atoms with Crippen LogP contribution in [0.3, 0.4) is 0 Å². The summed E-state index contributed by atoms with van der Waals surface area (Å²) in [6.45, 7) is 2.87. The predicted molar refractivity (Wildman–Crippen MR) is 55.3 cm³/mol. The fraction of sp³-hybridized carbons (Fsp3) is 0.900. The van der Waals surface area contributed by atoms with E-state index in [2.05, 4.69) is 17.6 Å². The summed E-state index contributed by atoms with van der Waals surface area (Å²) in [6, 6.07) is 0.263. The summed E-state index contributed by atoms with van der Waals surface area (Å²) in [4.78, 5) is 11.3. The van der Waals surface area contributed by atoms with Gasteiger partial charge in [0.25, 0.3) is 0 Å². The van der Waals surface area contributed by atoms with Gasteiger partial charge in [-0.25, -0.2) is 4.79 Å². The minimum Gasteiger partial charge on any atom is -0.381 e. The van der Waals surface area contributed by atoms with Gasteiger partial charge in [-0.2, -0.15) is 0 Å². The van der Waals surface area contributed by atoms with Crippen LogP contribution >= 0.6 is 0 Å². The Hall–Kier alpha value is -0.770. The van der Waals surface area contributed by atoms with Crippen molar-refractivity contribution < 1.29 is 9.53 Å². The summed E-state index contributed by atoms with van der Waals surface area (Å²) >= 11 is 0. The highest BCUT2D eigenvalue weighted by Crippen LogP contribution is 2.22. The smallest absolute Gasteiger partial charge is 0.315 e. The van der Waals surface area contributed by atoms with E-state index in [0.717, 1.165) is 32.2 Å². The van der Waals surface area contributed by atoms with Crippen LogP contribution < -0.4 is 10.6 Å². The van der Waals surface area contributed by atoms with Crippen molar-refractivity contribution in [1.82, 2.24) is 10.6 Å². The second kappa shape index (κ2) is 5.86. The van der Waals surface area contributed by atoms with Crippen LogP contribution in [0.1, 0.15) is 32.6 Å². The largest absolute Gasteiger partial charge is 0.381 e. The highest BCUT2D eigenvalue weighted by Gasteiger charge is 2.29. The van der Waals surface area contributed by atoms with Crippen molar-refractivity contribution in [1.29, 1.82) is 0 Å². The number of rotatable bonds is 5. The molecule has 1 fully saturated rings. The molecule has 0 spiro atoms. The number of nitrogens with one attached hydrogen (secondary N) is 2. The molecular formula is C10H20N2O2. The predicted octanol–water partition coefficient (Wildman–Crippen LogP) is 1.26. The van der Waals surface area contributed by atoms with Gasteiger partial charge in [0.15, 0.2) is 0 Å². The van der Waals surface area contributed by atoms with Crippen molar-refractivity contribution in [2.45, 2.75) is 44.8 Å². The van der Waals surface area contributed by atoms with Crippen LogP contribution in [0.4, 0.5) is 4.79 Å². The summed E-state index contributed by atoms with van der Waals surface area (Å²) in [6.07, 6.45) is 4.37. The zero-order chi connectivity index (χ0) is 10.4. The number of ether oxygens (including phenoxy) is 1. The molecule has 0 radical (unpaired) electrons. The van der Waals surface area contributed by atoms with Crippen LogP contribution in [-0.4, -0.2) is 31.8 Å². The van der Waals surface area contributed by atoms with E-state index in [9.17, 15) is 4.79 Å². The zero-order valence-corrected chi connectivity index (χ0v) is 9.01. The first-order chi connectivity index (χ1) is 6.76. The Labute approximate surface area is 85.4 Å². The number of carbonyl (C=O) groups is 1. The fourth-order valence-electron chi connectivity index (χ4n) is 1.49. The summed E-state index contributed by atoms with van der Waals surface area (Å²) in [5, 5.41) is 5.73. The van der Waals surface area contributed by atoms with Gasteiger partial charge in [0.2, 0.25) is 0 Å². The molecule has 0 atom stereocenters. The molecule has 0 aromatic rings. The Balaban J connectivity index is 1.99. The highest BCUT2D eigenvalue weighted by atomic mass is 16.5. The van der Waals surface area contributed by atoms with E-state index >= 15 is 0 Å². The van der Waals surface area contributed by atoms with Crippen LogP contribution in [0.25, 0.3) is 0 Å². The Kier molecular flexibility index (Phi) is 4.73. The van der Waals surface area contributed by atoms with Gasteiger partial charge >= 0.3 is 6.03 Å². The molecule has 1 aliphatic carbocycles. The van der Waals surface area contributed by atoms with Crippen molar-refractivity contribution in [3.05, 3.63) is 0 Å². The lowest BCUT2D eigenvalue weighted by Crippen LogP contribution is -2.50. The minimum atomic E-state index is -0.0435. The maximum atomic E-state index is 11.3. The van der Waals surface area contributed by atoms with Gasteiger partial charge in [0.05, 0.1) is 6.10 Å². The molecule has 1 aliphatic rings. The number of methoxy groups -OCH3 is 1. The molecule has 0 heterocycles. The summed E-state index contributed by atoms with van der Waals surface area (Å²) in [7, 11) is 1.71. The molecule has 0 saturated heterocycles. The molecule has 0 unspecified atom stereocenters. The van der Waals surface area contributed by atoms with Crippen LogP contribution in [-0.2, 0) is 4.74 Å². The Morgan fingerprint density at radius 2 is 2.21 bits per heavy atom. The van der Waals surface area contributed by atoms with Gasteiger partial charge in [0.1, 0.15) is 0 Å². The third kappa shape index (κ3) is 3.54. The number of unbranched alkanes of at least 4 members (excludes halogenated alkanes) is 1. The average molecular weight is 200 g/mol. The zero-order valence-electron chi connectivity index (χ0n) is 9.01. The molecule has 0 aromatic heterocycles. The Morgan fingerprint density at radius 1 is 1.50 bits per heavy atom. The second-order valence-electron chi connectivity index (χ2n) is 3.78. The van der Waals surface area contributed by atoms with Gasteiger partial charge in [-0.3, -0.25) is 0 Å². The molecule has 2 amide bonds. The molecule has 1 rings (SSSR count). The second-order valence-corrected chi connectivity index (χ2v) is 3.78. The molecule has 0 aliphatic heterocycles. The quantitative estimate of drug-likeness (QED) is 0.656. The number of hydrogen-bond donors (Lipinski definition) is 2. The topological polar surface area (TPSA) is 50.4 Å². The van der Waals surface area contributed by atoms with E-state index in [1.54, 1.807) is 7.11 Å². The van der Waals surface area contributed by atoms with Crippen LogP contribution in [0.5, 0.6) is 0 Å². The number of hydrogen-bond acceptors (Lipinski definition) is 2. The first-order valence-corrected chi connectivity index (χ1v) is 5.33. The van der Waals surface area contributed by atoms with Gasteiger partial charge in [-0.05, 0) is 19.3 Å². The van der Waals surface area contributed by atoms with Crippen molar-refractivity contribution in [3.8, 4) is 0 Å². The maximum absolute atomic E-state index is 11.3. The summed E-state index contributed by atoms with van der Waals surface area (Å²) < 4.78 is 5.12. The molecule has 0 bridgehead atoms. The molecule has 2 N–H and O–H groups in total. The lowest BCUT2D eigenvalue weighted by atomic mass is 9.89. The Bertz CT molecular complexity index is 179. The van der Waals surface area contributed by atoms with Crippen molar-refractivity contribution >= 4 is 6.03 Å². The highest BCUT2D eigenvalue weighted by molar-refractivity contribution is 5.74. The van der Waals surface area contributed by atoms with E-state index in [1.807, 2.05) is 0 Å². The molecular weight excluding hydrogens is 180 g/mol. The van der Waals surface area contributed by atoms with Crippen molar-refractivity contribution in [3.63, 3.8) is 0 Å². The molecule has 4 heteroatoms. The molecule has 14 heavy (non-hydrogen) atoms. The maximum Gasteiger partial charge on any atom is 0.315 e. The van der Waals surface area contributed by atoms with Gasteiger partial charge in [-0.1, -0.05) is 13.3 Å². The van der Waals surface area contributed by atoms with Crippen LogP contribution in [0.15, 0.2) is 0 Å². The normalized spacial score (nSPS) is 25.3. The van der Waals surface area contributed by atoms with Gasteiger partial charge < -0.3 is 15.4 Å². The van der Waals surface area contributed by atoms with Crippen LogP contribution in [0.2, 0.25) is 0 Å². The van der Waals surface area contributed by atoms with E-state index in [0.29, 0.717) is 12.1 Å². The van der Waals surface area contributed by atoms with E-state index < -0.39 is 0 Å². The third-order valence-corrected chi connectivity index (χ3v) is 2.58. The lowest BCUT2D eigenvalue weighted by molar-refractivity contribution is 0.0206. The standard InChI is InChI=1S/C10H20N2O2/c1-3-4-5-11-10(13)12-8-6-9(7-8)14-2/h8-9H,3-7H2,1-2H3,(H2,11,12,13). The van der Waals surface area contributed by atoms with Crippen molar-refractivity contribution in [2.24, 2.45) is 0 Å². The van der Waals surface area contributed by atoms with Gasteiger partial charge in [0, 0.05) is 19.7 Å². The van der Waals surface area contributed by atoms with E-state index in [1.165, 1.54) is 0 Å². The fourth-order valence-corrected chi connectivity index (χ4v) is 1.49. The SMILES string of the molecule is CCCCNC(=O)NC1CC(OC)C1. The Morgan fingerprint density at radius 3 is 2.79 bits per heavy atom. The molecule has 4 nitrogen and oxygen atoms in total. The molecule has 0 aromatic carbocycles. The van der Waals surface area contributed by atoms with Gasteiger partial charge in [-0.15, -0.1) is 0 Å². The summed E-state index contributed by atoms with van der Waals surface area (Å²) in [5.41, 5.74) is 0. The number of carbonyl (C=O) groups excluding carboxylic acids is 1. The average Bonchev–Trinajstić information content (AvgIpc) is 2.11. The van der Waals surface area contributed by atoms with Crippen LogP contribution in [0, 0.1) is 0 Å². The molecule has 82 valence electrons. The third-order valence-electron chi connectivity index (χ3n) is 2.58. The lowest BCUT2D eigenvalue weighted by Gasteiger charge is -2.34. The first kappa shape index (κ1) is 11.3. The number of urea groups is 1.